The Kier molecular flexibility index (Phi) is 7.18. The number of aryl methyl sites for hydroxylation is 1. The molecule has 1 amide bonds. The van der Waals surface area contributed by atoms with Gasteiger partial charge in [-0.3, -0.25) is 9.59 Å². The third-order valence-electron chi connectivity index (χ3n) is 3.48. The molecule has 0 saturated carbocycles. The monoisotopic (exact) mass is 372 g/mol. The van der Waals surface area contributed by atoms with Crippen LogP contribution in [0.4, 0.5) is 5.00 Å². The molecule has 0 aliphatic heterocycles. The standard InChI is InChI=1S/C19H20N2O4S/c1-13-5-3-6-16(11-13)24-9-4-7-17(22)25-14(2)18(23)21-19-15(12-20)8-10-26-19/h3,5-6,8,10-11,14H,4,7,9H2,1-2H3,(H,21,23)/t14-/m1/s1. The SMILES string of the molecule is Cc1cccc(OCCCC(=O)O[C@H](C)C(=O)Nc2sccc2C#N)c1. The molecule has 0 bridgehead atoms. The molecule has 0 fully saturated rings. The Morgan fingerprint density at radius 2 is 2.15 bits per heavy atom. The van der Waals surface area contributed by atoms with Gasteiger partial charge in [0.1, 0.15) is 16.8 Å². The van der Waals surface area contributed by atoms with Crippen molar-refractivity contribution in [2.75, 3.05) is 11.9 Å². The Balaban J connectivity index is 1.69. The van der Waals surface area contributed by atoms with E-state index in [0.717, 1.165) is 11.3 Å². The lowest BCUT2D eigenvalue weighted by Crippen LogP contribution is -2.30. The number of hydrogen-bond donors (Lipinski definition) is 1. The van der Waals surface area contributed by atoms with E-state index in [9.17, 15) is 9.59 Å². The molecule has 2 aromatic rings. The zero-order chi connectivity index (χ0) is 18.9. The zero-order valence-electron chi connectivity index (χ0n) is 14.7. The Bertz CT molecular complexity index is 810. The Morgan fingerprint density at radius 3 is 2.88 bits per heavy atom. The van der Waals surface area contributed by atoms with Gasteiger partial charge in [0.2, 0.25) is 0 Å². The highest BCUT2D eigenvalue weighted by Crippen LogP contribution is 2.22. The van der Waals surface area contributed by atoms with Gasteiger partial charge in [0, 0.05) is 6.42 Å². The number of rotatable bonds is 8. The second-order valence-electron chi connectivity index (χ2n) is 5.67. The number of carbonyl (C=O) groups excluding carboxylic acids is 2. The number of carbonyl (C=O) groups is 2. The van der Waals surface area contributed by atoms with E-state index in [-0.39, 0.29) is 6.42 Å². The summed E-state index contributed by atoms with van der Waals surface area (Å²) in [4.78, 5) is 23.9. The number of anilines is 1. The van der Waals surface area contributed by atoms with Gasteiger partial charge in [0.05, 0.1) is 12.2 Å². The van der Waals surface area contributed by atoms with E-state index in [1.807, 2.05) is 37.3 Å². The molecule has 1 aromatic heterocycles. The largest absolute Gasteiger partial charge is 0.494 e. The van der Waals surface area contributed by atoms with Crippen molar-refractivity contribution in [2.24, 2.45) is 0 Å². The van der Waals surface area contributed by atoms with Crippen LogP contribution in [0.15, 0.2) is 35.7 Å². The highest BCUT2D eigenvalue weighted by atomic mass is 32.1. The molecule has 1 heterocycles. The lowest BCUT2D eigenvalue weighted by atomic mass is 10.2. The van der Waals surface area contributed by atoms with E-state index >= 15 is 0 Å². The predicted molar refractivity (Wildman–Crippen MR) is 99.1 cm³/mol. The number of thiophene rings is 1. The number of esters is 1. The van der Waals surface area contributed by atoms with Crippen LogP contribution in [0.2, 0.25) is 0 Å². The minimum atomic E-state index is -0.936. The van der Waals surface area contributed by atoms with E-state index < -0.39 is 18.0 Å². The smallest absolute Gasteiger partial charge is 0.306 e. The predicted octanol–water partition coefficient (Wildman–Crippen LogP) is 3.66. The molecule has 0 aliphatic rings. The number of nitrogens with one attached hydrogen (secondary N) is 1. The van der Waals surface area contributed by atoms with Crippen LogP contribution in [0.5, 0.6) is 5.75 Å². The van der Waals surface area contributed by atoms with Crippen LogP contribution in [0, 0.1) is 18.3 Å². The molecule has 0 radical (unpaired) electrons. The lowest BCUT2D eigenvalue weighted by molar-refractivity contribution is -0.153. The summed E-state index contributed by atoms with van der Waals surface area (Å²) in [5.41, 5.74) is 1.49. The summed E-state index contributed by atoms with van der Waals surface area (Å²) in [6.45, 7) is 3.86. The van der Waals surface area contributed by atoms with Gasteiger partial charge in [-0.1, -0.05) is 12.1 Å². The first-order chi connectivity index (χ1) is 12.5. The Hall–Kier alpha value is -2.85. The number of ether oxygens (including phenoxy) is 2. The molecule has 1 atom stereocenters. The zero-order valence-corrected chi connectivity index (χ0v) is 15.5. The molecule has 0 spiro atoms. The van der Waals surface area contributed by atoms with Gasteiger partial charge < -0.3 is 14.8 Å². The van der Waals surface area contributed by atoms with Crippen LogP contribution in [0.25, 0.3) is 0 Å². The first-order valence-corrected chi connectivity index (χ1v) is 9.05. The maximum atomic E-state index is 12.0. The van der Waals surface area contributed by atoms with E-state index in [1.165, 1.54) is 18.3 Å². The minimum Gasteiger partial charge on any atom is -0.494 e. The van der Waals surface area contributed by atoms with Gasteiger partial charge in [-0.05, 0) is 49.4 Å². The number of nitrogens with zero attached hydrogens (tertiary/aromatic N) is 1. The van der Waals surface area contributed by atoms with Crippen molar-refractivity contribution in [2.45, 2.75) is 32.8 Å². The third-order valence-corrected chi connectivity index (χ3v) is 4.31. The second-order valence-corrected chi connectivity index (χ2v) is 6.58. The fourth-order valence-electron chi connectivity index (χ4n) is 2.13. The van der Waals surface area contributed by atoms with Crippen LogP contribution < -0.4 is 10.1 Å². The van der Waals surface area contributed by atoms with Crippen molar-refractivity contribution < 1.29 is 19.1 Å². The van der Waals surface area contributed by atoms with Crippen LogP contribution in [-0.4, -0.2) is 24.6 Å². The molecule has 6 nitrogen and oxygen atoms in total. The molecule has 1 N–H and O–H groups in total. The summed E-state index contributed by atoms with van der Waals surface area (Å²) in [6.07, 6.45) is -0.287. The third kappa shape index (κ3) is 5.90. The topological polar surface area (TPSA) is 88.4 Å². The summed E-state index contributed by atoms with van der Waals surface area (Å²) in [7, 11) is 0. The molecular weight excluding hydrogens is 352 g/mol. The molecular formula is C19H20N2O4S. The molecule has 136 valence electrons. The molecule has 2 rings (SSSR count). The van der Waals surface area contributed by atoms with Crippen LogP contribution in [-0.2, 0) is 14.3 Å². The van der Waals surface area contributed by atoms with E-state index in [1.54, 1.807) is 11.4 Å². The molecule has 7 heteroatoms. The Labute approximate surface area is 156 Å². The lowest BCUT2D eigenvalue weighted by Gasteiger charge is -2.13. The highest BCUT2D eigenvalue weighted by Gasteiger charge is 2.19. The average molecular weight is 372 g/mol. The maximum absolute atomic E-state index is 12.0. The maximum Gasteiger partial charge on any atom is 0.306 e. The van der Waals surface area contributed by atoms with Crippen LogP contribution in [0.3, 0.4) is 0 Å². The van der Waals surface area contributed by atoms with Gasteiger partial charge in [-0.15, -0.1) is 11.3 Å². The summed E-state index contributed by atoms with van der Waals surface area (Å²) >= 11 is 1.24. The van der Waals surface area contributed by atoms with Gasteiger partial charge >= 0.3 is 5.97 Å². The van der Waals surface area contributed by atoms with Gasteiger partial charge in [-0.25, -0.2) is 0 Å². The molecule has 0 unspecified atom stereocenters. The number of nitriles is 1. The number of benzene rings is 1. The van der Waals surface area contributed by atoms with Gasteiger partial charge in [0.25, 0.3) is 5.91 Å². The van der Waals surface area contributed by atoms with Crippen molar-refractivity contribution in [3.05, 3.63) is 46.8 Å². The van der Waals surface area contributed by atoms with Gasteiger partial charge in [0.15, 0.2) is 6.10 Å². The molecule has 0 saturated heterocycles. The first kappa shape index (κ1) is 19.5. The van der Waals surface area contributed by atoms with Crippen molar-refractivity contribution in [3.8, 4) is 11.8 Å². The van der Waals surface area contributed by atoms with E-state index in [2.05, 4.69) is 5.32 Å². The van der Waals surface area contributed by atoms with Crippen LogP contribution >= 0.6 is 11.3 Å². The Morgan fingerprint density at radius 1 is 1.35 bits per heavy atom. The van der Waals surface area contributed by atoms with E-state index in [4.69, 9.17) is 14.7 Å². The van der Waals surface area contributed by atoms with Crippen molar-refractivity contribution in [1.29, 1.82) is 5.26 Å². The molecule has 0 aliphatic carbocycles. The average Bonchev–Trinajstić information content (AvgIpc) is 3.06. The van der Waals surface area contributed by atoms with Crippen molar-refractivity contribution >= 4 is 28.2 Å². The highest BCUT2D eigenvalue weighted by molar-refractivity contribution is 7.14. The summed E-state index contributed by atoms with van der Waals surface area (Å²) in [5.74, 6) is -0.171. The summed E-state index contributed by atoms with van der Waals surface area (Å²) < 4.78 is 10.7. The fourth-order valence-corrected chi connectivity index (χ4v) is 2.87. The normalized spacial score (nSPS) is 11.3. The number of amides is 1. The summed E-state index contributed by atoms with van der Waals surface area (Å²) in [5, 5.41) is 13.7. The quantitative estimate of drug-likeness (QED) is 0.564. The fraction of sp³-hybridized carbons (Fsp3) is 0.316. The van der Waals surface area contributed by atoms with E-state index in [0.29, 0.717) is 23.6 Å². The summed E-state index contributed by atoms with van der Waals surface area (Å²) in [6, 6.07) is 11.3. The number of hydrogen-bond acceptors (Lipinski definition) is 6. The second kappa shape index (κ2) is 9.59. The van der Waals surface area contributed by atoms with Gasteiger partial charge in [-0.2, -0.15) is 5.26 Å². The molecule has 1 aromatic carbocycles. The van der Waals surface area contributed by atoms with Crippen molar-refractivity contribution in [3.63, 3.8) is 0 Å². The molecule has 26 heavy (non-hydrogen) atoms. The first-order valence-electron chi connectivity index (χ1n) is 8.17. The van der Waals surface area contributed by atoms with Crippen molar-refractivity contribution in [1.82, 2.24) is 0 Å². The minimum absolute atomic E-state index is 0.159. The van der Waals surface area contributed by atoms with Crippen LogP contribution in [0.1, 0.15) is 30.9 Å².